The second kappa shape index (κ2) is 4.35. The maximum Gasteiger partial charge on any atom is 0.302 e. The Morgan fingerprint density at radius 1 is 1.67 bits per heavy atom. The molecule has 1 aliphatic rings. The summed E-state index contributed by atoms with van der Waals surface area (Å²) in [4.78, 5) is 10.8. The van der Waals surface area contributed by atoms with Crippen molar-refractivity contribution in [3.05, 3.63) is 12.2 Å². The van der Waals surface area contributed by atoms with Gasteiger partial charge in [0.25, 0.3) is 0 Å². The number of rotatable bonds is 2. The van der Waals surface area contributed by atoms with E-state index in [2.05, 4.69) is 6.58 Å². The molecule has 0 aromatic heterocycles. The maximum absolute atomic E-state index is 10.8. The molecule has 0 bridgehead atoms. The molecule has 2 atom stereocenters. The predicted octanol–water partition coefficient (Wildman–Crippen LogP) is 1.90. The third-order valence-electron chi connectivity index (χ3n) is 3.44. The highest BCUT2D eigenvalue weighted by molar-refractivity contribution is 5.65. The zero-order valence-corrected chi connectivity index (χ0v) is 9.75. The van der Waals surface area contributed by atoms with Gasteiger partial charge in [-0.3, -0.25) is 4.79 Å². The molecular formula is C12H20O3. The van der Waals surface area contributed by atoms with Crippen molar-refractivity contribution in [1.82, 2.24) is 0 Å². The quantitative estimate of drug-likeness (QED) is 0.561. The minimum atomic E-state index is -0.344. The fourth-order valence-corrected chi connectivity index (χ4v) is 2.16. The van der Waals surface area contributed by atoms with E-state index in [0.717, 1.165) is 18.4 Å². The largest absolute Gasteiger partial charge is 0.465 e. The van der Waals surface area contributed by atoms with Crippen molar-refractivity contribution in [2.75, 3.05) is 6.61 Å². The Morgan fingerprint density at radius 3 is 2.80 bits per heavy atom. The van der Waals surface area contributed by atoms with Gasteiger partial charge in [-0.05, 0) is 12.8 Å². The van der Waals surface area contributed by atoms with Crippen molar-refractivity contribution in [3.63, 3.8) is 0 Å². The van der Waals surface area contributed by atoms with Crippen LogP contribution in [0.25, 0.3) is 0 Å². The van der Waals surface area contributed by atoms with Crippen LogP contribution in [0.2, 0.25) is 0 Å². The molecule has 1 rings (SSSR count). The average molecular weight is 212 g/mol. The Bertz CT molecular complexity index is 268. The number of hydrogen-bond acceptors (Lipinski definition) is 3. The van der Waals surface area contributed by atoms with E-state index in [-0.39, 0.29) is 23.4 Å². The molecule has 15 heavy (non-hydrogen) atoms. The van der Waals surface area contributed by atoms with Crippen LogP contribution in [-0.4, -0.2) is 23.8 Å². The zero-order valence-electron chi connectivity index (χ0n) is 9.75. The molecule has 1 aliphatic carbocycles. The highest BCUT2D eigenvalue weighted by Gasteiger charge is 2.41. The first kappa shape index (κ1) is 12.2. The summed E-state index contributed by atoms with van der Waals surface area (Å²) in [5.74, 6) is -0.219. The summed E-state index contributed by atoms with van der Waals surface area (Å²) in [5, 5.41) is 9.91. The molecule has 3 heteroatoms. The van der Waals surface area contributed by atoms with E-state index in [1.807, 2.05) is 13.8 Å². The lowest BCUT2D eigenvalue weighted by molar-refractivity contribution is -0.144. The van der Waals surface area contributed by atoms with Gasteiger partial charge in [-0.1, -0.05) is 26.0 Å². The predicted molar refractivity (Wildman–Crippen MR) is 58.3 cm³/mol. The molecular weight excluding hydrogens is 192 g/mol. The first-order chi connectivity index (χ1) is 6.85. The van der Waals surface area contributed by atoms with Crippen molar-refractivity contribution >= 4 is 5.97 Å². The number of esters is 1. The minimum Gasteiger partial charge on any atom is -0.465 e. The molecule has 0 aromatic carbocycles. The van der Waals surface area contributed by atoms with Crippen LogP contribution >= 0.6 is 0 Å². The number of ether oxygens (including phenoxy) is 1. The minimum absolute atomic E-state index is 0.0603. The molecule has 1 saturated carbocycles. The van der Waals surface area contributed by atoms with Gasteiger partial charge >= 0.3 is 5.97 Å². The van der Waals surface area contributed by atoms with Crippen molar-refractivity contribution in [1.29, 1.82) is 0 Å². The van der Waals surface area contributed by atoms with Crippen LogP contribution in [0.4, 0.5) is 0 Å². The summed E-state index contributed by atoms with van der Waals surface area (Å²) in [5.41, 5.74) is 0.816. The summed E-state index contributed by atoms with van der Waals surface area (Å²) in [6, 6.07) is 0. The molecule has 0 saturated heterocycles. The van der Waals surface area contributed by atoms with Gasteiger partial charge in [0.05, 0.1) is 12.7 Å². The van der Waals surface area contributed by atoms with Gasteiger partial charge in [0, 0.05) is 18.3 Å². The number of carbonyl (C=O) groups excluding carboxylic acids is 1. The molecule has 1 fully saturated rings. The molecule has 1 N–H and O–H groups in total. The van der Waals surface area contributed by atoms with E-state index in [9.17, 15) is 9.90 Å². The van der Waals surface area contributed by atoms with E-state index in [4.69, 9.17) is 4.74 Å². The number of hydrogen-bond donors (Lipinski definition) is 1. The molecule has 3 nitrogen and oxygen atoms in total. The van der Waals surface area contributed by atoms with Gasteiger partial charge in [0.2, 0.25) is 0 Å². The van der Waals surface area contributed by atoms with Crippen molar-refractivity contribution < 1.29 is 14.6 Å². The van der Waals surface area contributed by atoms with Crippen LogP contribution in [-0.2, 0) is 9.53 Å². The molecule has 0 aliphatic heterocycles. The van der Waals surface area contributed by atoms with Gasteiger partial charge in [-0.15, -0.1) is 0 Å². The van der Waals surface area contributed by atoms with Gasteiger partial charge in [0.1, 0.15) is 0 Å². The fourth-order valence-electron chi connectivity index (χ4n) is 2.16. The Balaban J connectivity index is 2.72. The SMILES string of the molecule is C=C1CC[C@H](O)C(C)(C)C1COC(C)=O. The van der Waals surface area contributed by atoms with Gasteiger partial charge in [-0.2, -0.15) is 0 Å². The summed E-state index contributed by atoms with van der Waals surface area (Å²) in [7, 11) is 0. The highest BCUT2D eigenvalue weighted by Crippen LogP contribution is 2.43. The third kappa shape index (κ3) is 2.59. The normalized spacial score (nSPS) is 30.0. The average Bonchev–Trinajstić information content (AvgIpc) is 2.11. The van der Waals surface area contributed by atoms with Crippen LogP contribution in [0.15, 0.2) is 12.2 Å². The summed E-state index contributed by atoms with van der Waals surface area (Å²) in [6.07, 6.45) is 1.22. The van der Waals surface area contributed by atoms with E-state index >= 15 is 0 Å². The topological polar surface area (TPSA) is 46.5 Å². The lowest BCUT2D eigenvalue weighted by Crippen LogP contribution is -2.43. The van der Waals surface area contributed by atoms with Crippen LogP contribution in [0.5, 0.6) is 0 Å². The molecule has 0 spiro atoms. The van der Waals surface area contributed by atoms with E-state index < -0.39 is 0 Å². The third-order valence-corrected chi connectivity index (χ3v) is 3.44. The van der Waals surface area contributed by atoms with E-state index in [1.54, 1.807) is 0 Å². The summed E-state index contributed by atoms with van der Waals surface area (Å²) in [6.45, 7) is 9.72. The van der Waals surface area contributed by atoms with E-state index in [1.165, 1.54) is 6.92 Å². The zero-order chi connectivity index (χ0) is 11.6. The fraction of sp³-hybridized carbons (Fsp3) is 0.750. The summed E-state index contributed by atoms with van der Waals surface area (Å²) < 4.78 is 5.02. The molecule has 1 unspecified atom stereocenters. The summed E-state index contributed by atoms with van der Waals surface area (Å²) >= 11 is 0. The number of aliphatic hydroxyl groups excluding tert-OH is 1. The number of aliphatic hydroxyl groups is 1. The second-order valence-corrected chi connectivity index (χ2v) is 4.89. The van der Waals surface area contributed by atoms with Gasteiger partial charge in [-0.25, -0.2) is 0 Å². The van der Waals surface area contributed by atoms with Gasteiger partial charge < -0.3 is 9.84 Å². The molecule has 0 aromatic rings. The molecule has 0 amide bonds. The monoisotopic (exact) mass is 212 g/mol. The lowest BCUT2D eigenvalue weighted by Gasteiger charge is -2.43. The number of carbonyl (C=O) groups is 1. The molecule has 86 valence electrons. The standard InChI is InChI=1S/C12H20O3/c1-8-5-6-11(14)12(3,4)10(8)7-15-9(2)13/h10-11,14H,1,5-7H2,2-4H3/t10?,11-/m0/s1. The van der Waals surface area contributed by atoms with E-state index in [0.29, 0.717) is 6.61 Å². The van der Waals surface area contributed by atoms with Crippen LogP contribution in [0.3, 0.4) is 0 Å². The smallest absolute Gasteiger partial charge is 0.302 e. The van der Waals surface area contributed by atoms with Crippen LogP contribution in [0, 0.1) is 11.3 Å². The highest BCUT2D eigenvalue weighted by atomic mass is 16.5. The van der Waals surface area contributed by atoms with Crippen molar-refractivity contribution in [2.45, 2.75) is 39.7 Å². The Hall–Kier alpha value is -0.830. The Morgan fingerprint density at radius 2 is 2.27 bits per heavy atom. The van der Waals surface area contributed by atoms with Crippen molar-refractivity contribution in [2.24, 2.45) is 11.3 Å². The Labute approximate surface area is 91.1 Å². The first-order valence-corrected chi connectivity index (χ1v) is 5.34. The maximum atomic E-state index is 10.8. The second-order valence-electron chi connectivity index (χ2n) is 4.89. The Kier molecular flexibility index (Phi) is 3.55. The lowest BCUT2D eigenvalue weighted by atomic mass is 9.65. The van der Waals surface area contributed by atoms with Crippen LogP contribution < -0.4 is 0 Å². The van der Waals surface area contributed by atoms with Crippen molar-refractivity contribution in [3.8, 4) is 0 Å². The molecule has 0 radical (unpaired) electrons. The first-order valence-electron chi connectivity index (χ1n) is 5.34. The van der Waals surface area contributed by atoms with Crippen LogP contribution in [0.1, 0.15) is 33.6 Å². The molecule has 0 heterocycles. The van der Waals surface area contributed by atoms with Gasteiger partial charge in [0.15, 0.2) is 0 Å².